The van der Waals surface area contributed by atoms with Crippen LogP contribution in [0.4, 0.5) is 34.1 Å². The van der Waals surface area contributed by atoms with Gasteiger partial charge < -0.3 is 9.80 Å². The van der Waals surface area contributed by atoms with E-state index in [4.69, 9.17) is 0 Å². The molecule has 2 heteroatoms. The van der Waals surface area contributed by atoms with Gasteiger partial charge in [-0.15, -0.1) is 0 Å². The highest BCUT2D eigenvalue weighted by molar-refractivity contribution is 6.24. The van der Waals surface area contributed by atoms with Gasteiger partial charge in [0.25, 0.3) is 0 Å². The lowest BCUT2D eigenvalue weighted by molar-refractivity contribution is 1.29. The van der Waals surface area contributed by atoms with Crippen LogP contribution in [0.2, 0.25) is 0 Å². The van der Waals surface area contributed by atoms with Crippen molar-refractivity contribution in [3.8, 4) is 0 Å². The molecule has 0 amide bonds. The van der Waals surface area contributed by atoms with Crippen molar-refractivity contribution < 1.29 is 0 Å². The Hall–Kier alpha value is -10.0. The van der Waals surface area contributed by atoms with E-state index in [1.54, 1.807) is 0 Å². The van der Waals surface area contributed by atoms with Crippen LogP contribution in [0.15, 0.2) is 255 Å². The quantitative estimate of drug-likeness (QED) is 0.0791. The third-order valence-corrected chi connectivity index (χ3v) is 15.1. The molecule has 0 heterocycles. The molecular formula is C78H62N2. The van der Waals surface area contributed by atoms with Crippen molar-refractivity contribution in [2.45, 2.75) is 27.7 Å². The van der Waals surface area contributed by atoms with Crippen LogP contribution in [0.5, 0.6) is 0 Å². The first kappa shape index (κ1) is 50.8. The second-order valence-electron chi connectivity index (χ2n) is 21.0. The van der Waals surface area contributed by atoms with Gasteiger partial charge in [-0.1, -0.05) is 265 Å². The topological polar surface area (TPSA) is 6.48 Å². The Bertz CT molecular complexity index is 3760. The van der Waals surface area contributed by atoms with Gasteiger partial charge in [0.05, 0.1) is 11.4 Å². The fourth-order valence-electron chi connectivity index (χ4n) is 10.6. The zero-order valence-corrected chi connectivity index (χ0v) is 45.8. The van der Waals surface area contributed by atoms with E-state index in [-0.39, 0.29) is 0 Å². The molecule has 0 saturated heterocycles. The number of fused-ring (bicyclic) bond motifs is 5. The Morgan fingerprint density at radius 1 is 0.200 bits per heavy atom. The number of anilines is 6. The summed E-state index contributed by atoms with van der Waals surface area (Å²) >= 11 is 0. The van der Waals surface area contributed by atoms with Crippen molar-refractivity contribution in [3.63, 3.8) is 0 Å². The largest absolute Gasteiger partial charge is 0.310 e. The van der Waals surface area contributed by atoms with Crippen molar-refractivity contribution in [3.05, 3.63) is 322 Å². The molecule has 0 saturated carbocycles. The molecule has 0 aliphatic rings. The van der Waals surface area contributed by atoms with E-state index >= 15 is 0 Å². The first-order valence-electron chi connectivity index (χ1n) is 27.6. The van der Waals surface area contributed by atoms with Crippen LogP contribution in [-0.2, 0) is 0 Å². The van der Waals surface area contributed by atoms with Crippen LogP contribution < -0.4 is 9.80 Å². The van der Waals surface area contributed by atoms with Crippen molar-refractivity contribution in [2.75, 3.05) is 9.80 Å². The maximum absolute atomic E-state index is 2.43. The molecule has 384 valence electrons. The maximum atomic E-state index is 2.43. The highest BCUT2D eigenvalue weighted by atomic mass is 15.2. The summed E-state index contributed by atoms with van der Waals surface area (Å²) in [7, 11) is 0. The zero-order valence-electron chi connectivity index (χ0n) is 45.8. The minimum Gasteiger partial charge on any atom is -0.310 e. The number of rotatable bonds is 14. The van der Waals surface area contributed by atoms with E-state index < -0.39 is 0 Å². The van der Waals surface area contributed by atoms with Crippen LogP contribution in [-0.4, -0.2) is 0 Å². The Labute approximate surface area is 471 Å². The van der Waals surface area contributed by atoms with Gasteiger partial charge in [-0.3, -0.25) is 0 Å². The summed E-state index contributed by atoms with van der Waals surface area (Å²) in [6.45, 7) is 8.50. The van der Waals surface area contributed by atoms with Gasteiger partial charge in [-0.2, -0.15) is 0 Å². The van der Waals surface area contributed by atoms with Gasteiger partial charge in [0, 0.05) is 33.5 Å². The van der Waals surface area contributed by atoms with Crippen LogP contribution >= 0.6 is 0 Å². The van der Waals surface area contributed by atoms with Crippen molar-refractivity contribution in [1.29, 1.82) is 0 Å². The second kappa shape index (κ2) is 22.9. The lowest BCUT2D eigenvalue weighted by Gasteiger charge is -2.30. The number of hydrogen-bond acceptors (Lipinski definition) is 2. The molecule has 80 heavy (non-hydrogen) atoms. The highest BCUT2D eigenvalue weighted by Gasteiger charge is 2.22. The fourth-order valence-corrected chi connectivity index (χ4v) is 10.6. The average Bonchev–Trinajstić information content (AvgIpc) is 3.69. The number of aryl methyl sites for hydroxylation is 4. The van der Waals surface area contributed by atoms with E-state index in [9.17, 15) is 0 Å². The first-order valence-corrected chi connectivity index (χ1v) is 27.6. The third kappa shape index (κ3) is 11.3. The maximum Gasteiger partial charge on any atom is 0.0546 e. The van der Waals surface area contributed by atoms with Gasteiger partial charge in [0.2, 0.25) is 0 Å². The van der Waals surface area contributed by atoms with Gasteiger partial charge in [-0.25, -0.2) is 0 Å². The van der Waals surface area contributed by atoms with E-state index in [2.05, 4.69) is 341 Å². The number of benzene rings is 12. The summed E-state index contributed by atoms with van der Waals surface area (Å²) in [5, 5.41) is 7.06. The molecule has 0 aliphatic heterocycles. The normalized spacial score (nSPS) is 11.8. The Kier molecular flexibility index (Phi) is 14.5. The Balaban J connectivity index is 0.992. The Morgan fingerprint density at radius 2 is 0.388 bits per heavy atom. The van der Waals surface area contributed by atoms with E-state index in [0.717, 1.165) is 67.2 Å². The van der Waals surface area contributed by atoms with Crippen LogP contribution in [0.1, 0.15) is 66.8 Å². The SMILES string of the molecule is Cc1ccc(/C=C/c2ccc(N(c3ccc(/C=C/c4ccc(C)cc4)cc3)c3cc4c5ccccc5c(N(c5ccc(/C=C/c6ccc(C)cc6)cc5)c5ccc(/C=C/c6ccc(C)cc6)cc5)cc4c4ccccc34)cc2)cc1. The minimum atomic E-state index is 1.08. The first-order chi connectivity index (χ1) is 39.2. The highest BCUT2D eigenvalue weighted by Crippen LogP contribution is 2.48. The van der Waals surface area contributed by atoms with Gasteiger partial charge in [0.15, 0.2) is 0 Å². The molecule has 0 bridgehead atoms. The van der Waals surface area contributed by atoms with Gasteiger partial charge in [-0.05, 0) is 154 Å². The predicted octanol–water partition coefficient (Wildman–Crippen LogP) is 22.0. The lowest BCUT2D eigenvalue weighted by atomic mass is 9.93. The fraction of sp³-hybridized carbons (Fsp3) is 0.0513. The van der Waals surface area contributed by atoms with Crippen LogP contribution in [0.3, 0.4) is 0 Å². The van der Waals surface area contributed by atoms with Crippen LogP contribution in [0.25, 0.3) is 80.9 Å². The van der Waals surface area contributed by atoms with Crippen molar-refractivity contribution in [2.24, 2.45) is 0 Å². The molecule has 2 nitrogen and oxygen atoms in total. The number of hydrogen-bond donors (Lipinski definition) is 0. The molecular weight excluding hydrogens is 965 g/mol. The van der Waals surface area contributed by atoms with Crippen molar-refractivity contribution in [1.82, 2.24) is 0 Å². The summed E-state index contributed by atoms with van der Waals surface area (Å²) in [6.07, 6.45) is 17.5. The third-order valence-electron chi connectivity index (χ3n) is 15.1. The number of nitrogens with zero attached hydrogens (tertiary/aromatic N) is 2. The van der Waals surface area contributed by atoms with Crippen molar-refractivity contribution >= 4 is 115 Å². The van der Waals surface area contributed by atoms with Gasteiger partial charge >= 0.3 is 0 Å². The summed E-state index contributed by atoms with van der Waals surface area (Å²) in [5.41, 5.74) is 20.8. The monoisotopic (exact) mass is 1030 g/mol. The predicted molar refractivity (Wildman–Crippen MR) is 349 cm³/mol. The Morgan fingerprint density at radius 3 is 0.600 bits per heavy atom. The van der Waals surface area contributed by atoms with Crippen LogP contribution in [0, 0.1) is 27.7 Å². The smallest absolute Gasteiger partial charge is 0.0546 e. The van der Waals surface area contributed by atoms with Gasteiger partial charge in [0.1, 0.15) is 0 Å². The summed E-state index contributed by atoms with van der Waals surface area (Å²) in [5.74, 6) is 0. The standard InChI is InChI=1S/C78H62N2/c1-55-13-21-59(22-14-55)29-33-63-37-45-67(46-38-63)79(68-47-39-64(40-48-68)34-30-60-23-15-56(2)16-24-60)77-53-75-72-10-6-8-12-74(72)78(54-76(75)71-9-5-7-11-73(71)77)80(69-49-41-65(42-50-69)35-31-61-25-17-57(3)18-26-61)70-51-43-66(44-52-70)36-32-62-27-19-58(4)20-28-62/h5-54H,1-4H3/b33-29+,34-30+,35-31+,36-32+. The molecule has 0 aliphatic carbocycles. The molecule has 0 spiro atoms. The summed E-state index contributed by atoms with van der Waals surface area (Å²) in [6, 6.07) is 93.2. The summed E-state index contributed by atoms with van der Waals surface area (Å²) in [4.78, 5) is 4.86. The molecule has 12 rings (SSSR count). The molecule has 0 unspecified atom stereocenters. The molecule has 0 radical (unpaired) electrons. The molecule has 0 fully saturated rings. The molecule has 12 aromatic rings. The molecule has 0 N–H and O–H groups in total. The van der Waals surface area contributed by atoms with E-state index in [1.165, 1.54) is 66.1 Å². The minimum absolute atomic E-state index is 1.08. The lowest BCUT2D eigenvalue weighted by Crippen LogP contribution is -2.12. The van der Waals surface area contributed by atoms with E-state index in [1.807, 2.05) is 0 Å². The molecule has 0 aromatic heterocycles. The molecule has 12 aromatic carbocycles. The van der Waals surface area contributed by atoms with E-state index in [0.29, 0.717) is 0 Å². The zero-order chi connectivity index (χ0) is 54.4. The molecule has 0 atom stereocenters. The second-order valence-corrected chi connectivity index (χ2v) is 21.0. The average molecular weight is 1030 g/mol. The summed E-state index contributed by atoms with van der Waals surface area (Å²) < 4.78 is 0.